The number of carbonyl (C=O) groups excluding carboxylic acids is 1. The largest absolute Gasteiger partial charge is 0.482 e. The molecule has 2 aromatic rings. The van der Waals surface area contributed by atoms with Gasteiger partial charge in [-0.3, -0.25) is 4.79 Å². The molecule has 6 nitrogen and oxygen atoms in total. The Morgan fingerprint density at radius 3 is 2.50 bits per heavy atom. The number of carbonyl (C=O) groups is 2. The van der Waals surface area contributed by atoms with Crippen LogP contribution in [0.2, 0.25) is 0 Å². The Balaban J connectivity index is 2.11. The van der Waals surface area contributed by atoms with E-state index in [2.05, 4.69) is 5.32 Å². The zero-order chi connectivity index (χ0) is 17.7. The van der Waals surface area contributed by atoms with E-state index in [1.807, 2.05) is 13.8 Å². The van der Waals surface area contributed by atoms with E-state index in [0.29, 0.717) is 11.4 Å². The summed E-state index contributed by atoms with van der Waals surface area (Å²) < 4.78 is 10.7. The molecule has 0 saturated heterocycles. The summed E-state index contributed by atoms with van der Waals surface area (Å²) in [6, 6.07) is 6.74. The number of amides is 1. The maximum Gasteiger partial charge on any atom is 0.341 e. The fourth-order valence-corrected chi connectivity index (χ4v) is 2.37. The number of aryl methyl sites for hydroxylation is 3. The highest BCUT2D eigenvalue weighted by Gasteiger charge is 2.16. The van der Waals surface area contributed by atoms with Gasteiger partial charge in [-0.15, -0.1) is 0 Å². The molecule has 0 unspecified atom stereocenters. The summed E-state index contributed by atoms with van der Waals surface area (Å²) in [4.78, 5) is 22.9. The maximum absolute atomic E-state index is 12.3. The molecule has 128 valence electrons. The maximum atomic E-state index is 12.3. The van der Waals surface area contributed by atoms with Gasteiger partial charge in [0.25, 0.3) is 5.91 Å². The van der Waals surface area contributed by atoms with Crippen LogP contribution >= 0.6 is 0 Å². The first kappa shape index (κ1) is 17.6. The van der Waals surface area contributed by atoms with E-state index in [4.69, 9.17) is 14.3 Å². The first-order valence-corrected chi connectivity index (χ1v) is 7.82. The van der Waals surface area contributed by atoms with Crippen LogP contribution in [0.1, 0.15) is 41.3 Å². The molecule has 0 bridgehead atoms. The first-order valence-electron chi connectivity index (χ1n) is 7.82. The van der Waals surface area contributed by atoms with Gasteiger partial charge in [0.2, 0.25) is 0 Å². The molecule has 6 heteroatoms. The van der Waals surface area contributed by atoms with Gasteiger partial charge in [0, 0.05) is 12.1 Å². The Morgan fingerprint density at radius 1 is 1.21 bits per heavy atom. The molecular formula is C18H21NO5. The van der Waals surface area contributed by atoms with E-state index in [-0.39, 0.29) is 11.7 Å². The van der Waals surface area contributed by atoms with Gasteiger partial charge in [0.05, 0.1) is 0 Å². The number of benzene rings is 1. The number of hydrogen-bond donors (Lipinski definition) is 2. The summed E-state index contributed by atoms with van der Waals surface area (Å²) in [6.07, 6.45) is 1.56. The summed E-state index contributed by atoms with van der Waals surface area (Å²) in [5.41, 5.74) is 2.43. The predicted molar refractivity (Wildman–Crippen MR) is 89.7 cm³/mol. The smallest absolute Gasteiger partial charge is 0.341 e. The minimum absolute atomic E-state index is 0.286. The second kappa shape index (κ2) is 7.68. The molecule has 0 aliphatic carbocycles. The predicted octanol–water partition coefficient (Wildman–Crippen LogP) is 3.43. The summed E-state index contributed by atoms with van der Waals surface area (Å²) in [5.74, 6) is 0.201. The second-order valence-electron chi connectivity index (χ2n) is 5.38. The van der Waals surface area contributed by atoms with Gasteiger partial charge in [-0.05, 0) is 48.7 Å². The molecule has 0 radical (unpaired) electrons. The normalized spacial score (nSPS) is 10.5. The van der Waals surface area contributed by atoms with Crippen LogP contribution in [-0.2, 0) is 17.6 Å². The van der Waals surface area contributed by atoms with Crippen molar-refractivity contribution in [1.82, 2.24) is 0 Å². The fraction of sp³-hybridized carbons (Fsp3) is 0.333. The minimum Gasteiger partial charge on any atom is -0.482 e. The van der Waals surface area contributed by atoms with Gasteiger partial charge in [-0.25, -0.2) is 4.79 Å². The molecule has 0 saturated carbocycles. The van der Waals surface area contributed by atoms with Gasteiger partial charge in [-0.1, -0.05) is 13.8 Å². The van der Waals surface area contributed by atoms with E-state index in [9.17, 15) is 9.59 Å². The van der Waals surface area contributed by atoms with E-state index < -0.39 is 12.6 Å². The standard InChI is InChI=1S/C18H21NO5/c1-4-12-9-16(24-15(12)5-2)18(22)19-14-7-6-13(8-11(14)3)23-10-17(20)21/h6-9H,4-5,10H2,1-3H3,(H,19,22)(H,20,21). The third kappa shape index (κ3) is 4.16. The molecule has 0 spiro atoms. The van der Waals surface area contributed by atoms with Crippen LogP contribution in [0.4, 0.5) is 5.69 Å². The van der Waals surface area contributed by atoms with Crippen LogP contribution in [0.5, 0.6) is 5.75 Å². The van der Waals surface area contributed by atoms with Gasteiger partial charge in [0.1, 0.15) is 11.5 Å². The topological polar surface area (TPSA) is 88.8 Å². The van der Waals surface area contributed by atoms with Crippen molar-refractivity contribution in [2.24, 2.45) is 0 Å². The zero-order valence-electron chi connectivity index (χ0n) is 14.0. The van der Waals surface area contributed by atoms with Crippen molar-refractivity contribution < 1.29 is 23.8 Å². The van der Waals surface area contributed by atoms with Crippen molar-refractivity contribution in [3.63, 3.8) is 0 Å². The molecule has 0 fully saturated rings. The first-order chi connectivity index (χ1) is 11.4. The number of nitrogens with one attached hydrogen (secondary N) is 1. The lowest BCUT2D eigenvalue weighted by atomic mass is 10.1. The number of furan rings is 1. The van der Waals surface area contributed by atoms with Gasteiger partial charge >= 0.3 is 5.97 Å². The summed E-state index contributed by atoms with van der Waals surface area (Å²) >= 11 is 0. The monoisotopic (exact) mass is 331 g/mol. The Labute approximate surface area is 140 Å². The number of aliphatic carboxylic acids is 1. The number of carboxylic acid groups (broad SMARTS) is 1. The van der Waals surface area contributed by atoms with Gasteiger partial charge in [-0.2, -0.15) is 0 Å². The molecular weight excluding hydrogens is 310 g/mol. The lowest BCUT2D eigenvalue weighted by Crippen LogP contribution is -2.12. The number of anilines is 1. The Kier molecular flexibility index (Phi) is 5.63. The lowest BCUT2D eigenvalue weighted by Gasteiger charge is -2.09. The average Bonchev–Trinajstić information content (AvgIpc) is 2.98. The van der Waals surface area contributed by atoms with Crippen LogP contribution in [0.15, 0.2) is 28.7 Å². The summed E-state index contributed by atoms with van der Waals surface area (Å²) in [6.45, 7) is 5.41. The highest BCUT2D eigenvalue weighted by molar-refractivity contribution is 6.02. The van der Waals surface area contributed by atoms with E-state index in [0.717, 1.165) is 29.7 Å². The minimum atomic E-state index is -1.04. The third-order valence-corrected chi connectivity index (χ3v) is 3.63. The van der Waals surface area contributed by atoms with Crippen molar-refractivity contribution in [2.75, 3.05) is 11.9 Å². The van der Waals surface area contributed by atoms with Crippen molar-refractivity contribution in [3.05, 3.63) is 46.9 Å². The molecule has 2 rings (SSSR count). The van der Waals surface area contributed by atoms with Crippen molar-refractivity contribution in [1.29, 1.82) is 0 Å². The Hall–Kier alpha value is -2.76. The van der Waals surface area contributed by atoms with E-state index >= 15 is 0 Å². The van der Waals surface area contributed by atoms with E-state index in [1.54, 1.807) is 31.2 Å². The number of carboxylic acids is 1. The van der Waals surface area contributed by atoms with Crippen LogP contribution in [0.3, 0.4) is 0 Å². The Bertz CT molecular complexity index is 726. The molecule has 0 aliphatic rings. The van der Waals surface area contributed by atoms with Gasteiger partial charge < -0.3 is 19.6 Å². The molecule has 1 amide bonds. The summed E-state index contributed by atoms with van der Waals surface area (Å²) in [7, 11) is 0. The number of rotatable bonds is 7. The molecule has 1 aromatic heterocycles. The molecule has 0 atom stereocenters. The van der Waals surface area contributed by atoms with E-state index in [1.165, 1.54) is 0 Å². The fourth-order valence-electron chi connectivity index (χ4n) is 2.37. The molecule has 2 N–H and O–H groups in total. The van der Waals surface area contributed by atoms with Crippen LogP contribution in [0, 0.1) is 6.92 Å². The van der Waals surface area contributed by atoms with Crippen molar-refractivity contribution in [2.45, 2.75) is 33.6 Å². The molecule has 24 heavy (non-hydrogen) atoms. The van der Waals surface area contributed by atoms with Crippen molar-refractivity contribution in [3.8, 4) is 5.75 Å². The SMILES string of the molecule is CCc1cc(C(=O)Nc2ccc(OCC(=O)O)cc2C)oc1CC. The van der Waals surface area contributed by atoms with Crippen LogP contribution in [0.25, 0.3) is 0 Å². The lowest BCUT2D eigenvalue weighted by molar-refractivity contribution is -0.139. The third-order valence-electron chi connectivity index (χ3n) is 3.63. The number of ether oxygens (including phenoxy) is 1. The number of hydrogen-bond acceptors (Lipinski definition) is 4. The van der Waals surface area contributed by atoms with Crippen LogP contribution < -0.4 is 10.1 Å². The zero-order valence-corrected chi connectivity index (χ0v) is 14.0. The molecule has 1 aromatic carbocycles. The highest BCUT2D eigenvalue weighted by Crippen LogP contribution is 2.23. The Morgan fingerprint density at radius 2 is 1.96 bits per heavy atom. The van der Waals surface area contributed by atoms with Crippen molar-refractivity contribution >= 4 is 17.6 Å². The van der Waals surface area contributed by atoms with Crippen LogP contribution in [-0.4, -0.2) is 23.6 Å². The second-order valence-corrected chi connectivity index (χ2v) is 5.38. The highest BCUT2D eigenvalue weighted by atomic mass is 16.5. The molecule has 0 aliphatic heterocycles. The average molecular weight is 331 g/mol. The summed E-state index contributed by atoms with van der Waals surface area (Å²) in [5, 5.41) is 11.4. The molecule has 1 heterocycles. The van der Waals surface area contributed by atoms with Gasteiger partial charge in [0.15, 0.2) is 12.4 Å². The quantitative estimate of drug-likeness (QED) is 0.811.